The third-order valence-electron chi connectivity index (χ3n) is 2.88. The minimum absolute atomic E-state index is 0.127. The van der Waals surface area contributed by atoms with Gasteiger partial charge in [0.25, 0.3) is 5.91 Å². The SMILES string of the molecule is COC(=O)CCCc1csc(NC(=O)c2sccc2C)n1. The van der Waals surface area contributed by atoms with Crippen LogP contribution in [0.1, 0.15) is 33.8 Å². The Morgan fingerprint density at radius 3 is 2.86 bits per heavy atom. The maximum atomic E-state index is 12.1. The van der Waals surface area contributed by atoms with Crippen molar-refractivity contribution in [2.45, 2.75) is 26.2 Å². The molecule has 7 heteroatoms. The van der Waals surface area contributed by atoms with Crippen LogP contribution in [-0.2, 0) is 16.0 Å². The van der Waals surface area contributed by atoms with Crippen LogP contribution in [0.4, 0.5) is 5.13 Å². The fourth-order valence-electron chi connectivity index (χ4n) is 1.75. The smallest absolute Gasteiger partial charge is 0.305 e. The van der Waals surface area contributed by atoms with Crippen molar-refractivity contribution in [1.29, 1.82) is 0 Å². The molecule has 0 radical (unpaired) electrons. The first kappa shape index (κ1) is 15.7. The summed E-state index contributed by atoms with van der Waals surface area (Å²) in [5, 5.41) is 7.18. The number of anilines is 1. The lowest BCUT2D eigenvalue weighted by molar-refractivity contribution is -0.140. The van der Waals surface area contributed by atoms with Gasteiger partial charge < -0.3 is 4.74 Å². The van der Waals surface area contributed by atoms with Gasteiger partial charge >= 0.3 is 5.97 Å². The van der Waals surface area contributed by atoms with E-state index in [0.29, 0.717) is 29.3 Å². The van der Waals surface area contributed by atoms with Crippen LogP contribution in [0.25, 0.3) is 0 Å². The average Bonchev–Trinajstić information content (AvgIpc) is 3.07. The number of aryl methyl sites for hydroxylation is 2. The van der Waals surface area contributed by atoms with Crippen LogP contribution in [0.5, 0.6) is 0 Å². The van der Waals surface area contributed by atoms with E-state index in [-0.39, 0.29) is 11.9 Å². The lowest BCUT2D eigenvalue weighted by Crippen LogP contribution is -2.11. The summed E-state index contributed by atoms with van der Waals surface area (Å²) < 4.78 is 4.59. The summed E-state index contributed by atoms with van der Waals surface area (Å²) in [5.74, 6) is -0.343. The van der Waals surface area contributed by atoms with Gasteiger partial charge in [-0.1, -0.05) is 0 Å². The lowest BCUT2D eigenvalue weighted by atomic mass is 10.2. The fourth-order valence-corrected chi connectivity index (χ4v) is 3.31. The minimum Gasteiger partial charge on any atom is -0.469 e. The molecule has 1 N–H and O–H groups in total. The number of aromatic nitrogens is 1. The fraction of sp³-hybridized carbons (Fsp3) is 0.357. The summed E-state index contributed by atoms with van der Waals surface area (Å²) in [5.41, 5.74) is 1.84. The van der Waals surface area contributed by atoms with Crippen molar-refractivity contribution in [1.82, 2.24) is 4.98 Å². The van der Waals surface area contributed by atoms with Gasteiger partial charge in [-0.2, -0.15) is 0 Å². The summed E-state index contributed by atoms with van der Waals surface area (Å²) in [4.78, 5) is 28.1. The standard InChI is InChI=1S/C14H16N2O3S2/c1-9-6-7-20-12(9)13(18)16-14-15-10(8-21-14)4-3-5-11(17)19-2/h6-8H,3-5H2,1-2H3,(H,15,16,18). The molecule has 2 aromatic heterocycles. The quantitative estimate of drug-likeness (QED) is 0.828. The molecular weight excluding hydrogens is 308 g/mol. The number of carbonyl (C=O) groups excluding carboxylic acids is 2. The molecule has 2 aromatic rings. The van der Waals surface area contributed by atoms with Crippen molar-refractivity contribution >= 4 is 39.7 Å². The molecule has 2 heterocycles. The van der Waals surface area contributed by atoms with E-state index in [2.05, 4.69) is 15.0 Å². The normalized spacial score (nSPS) is 10.4. The third kappa shape index (κ3) is 4.37. The predicted molar refractivity (Wildman–Crippen MR) is 84.1 cm³/mol. The number of amides is 1. The Bertz CT molecular complexity index is 634. The zero-order valence-corrected chi connectivity index (χ0v) is 13.5. The summed E-state index contributed by atoms with van der Waals surface area (Å²) >= 11 is 2.81. The second-order valence-electron chi connectivity index (χ2n) is 4.46. The number of thiazole rings is 1. The Balaban J connectivity index is 1.87. The average molecular weight is 324 g/mol. The number of methoxy groups -OCH3 is 1. The van der Waals surface area contributed by atoms with Gasteiger partial charge in [-0.3, -0.25) is 14.9 Å². The Kier molecular flexibility index (Phi) is 5.46. The molecular formula is C14H16N2O3S2. The maximum Gasteiger partial charge on any atom is 0.305 e. The van der Waals surface area contributed by atoms with Crippen LogP contribution < -0.4 is 5.32 Å². The van der Waals surface area contributed by atoms with E-state index in [1.807, 2.05) is 23.8 Å². The highest BCUT2D eigenvalue weighted by Crippen LogP contribution is 2.21. The molecule has 1 amide bonds. The van der Waals surface area contributed by atoms with Crippen LogP contribution in [0, 0.1) is 6.92 Å². The van der Waals surface area contributed by atoms with E-state index >= 15 is 0 Å². The first-order valence-electron chi connectivity index (χ1n) is 6.47. The topological polar surface area (TPSA) is 68.3 Å². The minimum atomic E-state index is -0.216. The molecule has 5 nitrogen and oxygen atoms in total. The van der Waals surface area contributed by atoms with Crippen LogP contribution in [0.3, 0.4) is 0 Å². The third-order valence-corrected chi connectivity index (χ3v) is 4.70. The number of hydrogen-bond acceptors (Lipinski definition) is 6. The molecule has 0 aliphatic carbocycles. The van der Waals surface area contributed by atoms with Gasteiger partial charge in [0, 0.05) is 11.8 Å². The summed E-state index contributed by atoms with van der Waals surface area (Å²) in [6.07, 6.45) is 1.76. The second kappa shape index (κ2) is 7.33. The molecule has 0 aliphatic heterocycles. The van der Waals surface area contributed by atoms with Crippen molar-refractivity contribution < 1.29 is 14.3 Å². The monoisotopic (exact) mass is 324 g/mol. The molecule has 0 saturated heterocycles. The molecule has 0 fully saturated rings. The highest BCUT2D eigenvalue weighted by Gasteiger charge is 2.12. The van der Waals surface area contributed by atoms with E-state index in [1.165, 1.54) is 29.8 Å². The van der Waals surface area contributed by atoms with Crippen molar-refractivity contribution in [2.24, 2.45) is 0 Å². The molecule has 0 unspecified atom stereocenters. The molecule has 0 saturated carbocycles. The second-order valence-corrected chi connectivity index (χ2v) is 6.23. The number of rotatable bonds is 6. The van der Waals surface area contributed by atoms with Crippen molar-refractivity contribution in [3.8, 4) is 0 Å². The summed E-state index contributed by atoms with van der Waals surface area (Å²) in [6, 6.07) is 1.92. The van der Waals surface area contributed by atoms with Gasteiger partial charge in [0.05, 0.1) is 17.7 Å². The van der Waals surface area contributed by atoms with Gasteiger partial charge in [0.1, 0.15) is 0 Å². The van der Waals surface area contributed by atoms with E-state index in [4.69, 9.17) is 0 Å². The van der Waals surface area contributed by atoms with Gasteiger partial charge in [-0.05, 0) is 36.8 Å². The Morgan fingerprint density at radius 2 is 2.19 bits per heavy atom. The van der Waals surface area contributed by atoms with Crippen LogP contribution in [0.15, 0.2) is 16.8 Å². The Morgan fingerprint density at radius 1 is 1.38 bits per heavy atom. The number of thiophene rings is 1. The molecule has 21 heavy (non-hydrogen) atoms. The lowest BCUT2D eigenvalue weighted by Gasteiger charge is -2.00. The van der Waals surface area contributed by atoms with Gasteiger partial charge in [0.2, 0.25) is 0 Å². The molecule has 0 bridgehead atoms. The number of ether oxygens (including phenoxy) is 1. The van der Waals surface area contributed by atoms with Gasteiger partial charge in [-0.15, -0.1) is 22.7 Å². The largest absolute Gasteiger partial charge is 0.469 e. The highest BCUT2D eigenvalue weighted by atomic mass is 32.1. The zero-order chi connectivity index (χ0) is 15.2. The first-order chi connectivity index (χ1) is 10.1. The van der Waals surface area contributed by atoms with Crippen LogP contribution in [0.2, 0.25) is 0 Å². The van der Waals surface area contributed by atoms with Crippen LogP contribution in [-0.4, -0.2) is 24.0 Å². The zero-order valence-electron chi connectivity index (χ0n) is 11.8. The molecule has 0 aromatic carbocycles. The predicted octanol–water partition coefficient (Wildman–Crippen LogP) is 3.26. The van der Waals surface area contributed by atoms with E-state index in [9.17, 15) is 9.59 Å². The number of hydrogen-bond donors (Lipinski definition) is 1. The van der Waals surface area contributed by atoms with Crippen molar-refractivity contribution in [3.05, 3.63) is 33.0 Å². The van der Waals surface area contributed by atoms with Crippen LogP contribution >= 0.6 is 22.7 Å². The van der Waals surface area contributed by atoms with Crippen molar-refractivity contribution in [2.75, 3.05) is 12.4 Å². The summed E-state index contributed by atoms with van der Waals surface area (Å²) in [7, 11) is 1.38. The molecule has 0 aliphatic rings. The number of esters is 1. The maximum absolute atomic E-state index is 12.1. The molecule has 2 rings (SSSR count). The highest BCUT2D eigenvalue weighted by molar-refractivity contribution is 7.14. The Hall–Kier alpha value is -1.73. The van der Waals surface area contributed by atoms with E-state index in [0.717, 1.165) is 11.3 Å². The summed E-state index contributed by atoms with van der Waals surface area (Å²) in [6.45, 7) is 1.91. The van der Waals surface area contributed by atoms with Crippen molar-refractivity contribution in [3.63, 3.8) is 0 Å². The Labute approximate surface area is 131 Å². The van der Waals surface area contributed by atoms with E-state index in [1.54, 1.807) is 0 Å². The van der Waals surface area contributed by atoms with Gasteiger partial charge in [-0.25, -0.2) is 4.98 Å². The number of carbonyl (C=O) groups is 2. The molecule has 112 valence electrons. The molecule has 0 atom stereocenters. The number of nitrogens with one attached hydrogen (secondary N) is 1. The van der Waals surface area contributed by atoms with Gasteiger partial charge in [0.15, 0.2) is 5.13 Å². The first-order valence-corrected chi connectivity index (χ1v) is 8.22. The number of nitrogens with zero attached hydrogens (tertiary/aromatic N) is 1. The van der Waals surface area contributed by atoms with E-state index < -0.39 is 0 Å². The molecule has 0 spiro atoms.